The van der Waals surface area contributed by atoms with E-state index in [1.807, 2.05) is 88.4 Å². The van der Waals surface area contributed by atoms with Crippen LogP contribution in [0.3, 0.4) is 0 Å². The third-order valence-corrected chi connectivity index (χ3v) is 6.72. The zero-order valence-corrected chi connectivity index (χ0v) is 27.4. The van der Waals surface area contributed by atoms with E-state index in [1.54, 1.807) is 0 Å². The lowest BCUT2D eigenvalue weighted by molar-refractivity contribution is -0.886. The Morgan fingerprint density at radius 3 is 1.67 bits per heavy atom. The van der Waals surface area contributed by atoms with Gasteiger partial charge in [0.15, 0.2) is 6.04 Å². The smallest absolute Gasteiger partial charge is 0.278 e. The van der Waals surface area contributed by atoms with Crippen LogP contribution < -0.4 is 14.8 Å². The highest BCUT2D eigenvalue weighted by Gasteiger charge is 2.31. The van der Waals surface area contributed by atoms with Crippen molar-refractivity contribution in [3.05, 3.63) is 96.1 Å². The van der Waals surface area contributed by atoms with Crippen molar-refractivity contribution in [3.63, 3.8) is 0 Å². The maximum Gasteiger partial charge on any atom is 0.278 e. The Morgan fingerprint density at radius 1 is 0.643 bits per heavy atom. The lowest BCUT2D eigenvalue weighted by atomic mass is 10.0. The SMILES string of the molecule is CC.CC.C[N+](C)(C)[C@@H](Cc1ccccc1)C(=O)NCCCCCCCCOc1ccc(OCc2ccccc2)cc1. The van der Waals surface area contributed by atoms with Crippen LogP contribution in [-0.4, -0.2) is 50.7 Å². The van der Waals surface area contributed by atoms with Crippen molar-refractivity contribution in [1.82, 2.24) is 5.32 Å². The topological polar surface area (TPSA) is 47.6 Å². The standard InChI is InChI=1S/C33H44N2O3.2C2H6/c1-35(2,3)32(26-28-16-10-8-11-17-28)33(36)34-24-14-6-4-5-7-15-25-37-30-20-22-31(23-21-30)38-27-29-18-12-9-13-19-29;2*1-2/h8-13,16-23,32H,4-7,14-15,24-27H2,1-3H3;2*1-2H3/p+1/t32-;;/m0../s1. The predicted octanol–water partition coefficient (Wildman–Crippen LogP) is 8.47. The number of hydrogen-bond acceptors (Lipinski definition) is 3. The molecule has 0 bridgehead atoms. The molecule has 0 aromatic heterocycles. The van der Waals surface area contributed by atoms with Gasteiger partial charge in [0.2, 0.25) is 0 Å². The van der Waals surface area contributed by atoms with Crippen LogP contribution in [0.1, 0.15) is 77.3 Å². The van der Waals surface area contributed by atoms with Crippen molar-refractivity contribution in [1.29, 1.82) is 0 Å². The molecule has 1 N–H and O–H groups in total. The number of hydrogen-bond donors (Lipinski definition) is 1. The molecular weight excluding hydrogens is 520 g/mol. The first-order valence-corrected chi connectivity index (χ1v) is 15.9. The second-order valence-corrected chi connectivity index (χ2v) is 10.8. The molecule has 0 aliphatic rings. The van der Waals surface area contributed by atoms with E-state index in [0.717, 1.165) is 62.3 Å². The molecule has 1 atom stereocenters. The molecule has 0 saturated carbocycles. The van der Waals surface area contributed by atoms with E-state index in [0.29, 0.717) is 11.1 Å². The highest BCUT2D eigenvalue weighted by atomic mass is 16.5. The van der Waals surface area contributed by atoms with Crippen molar-refractivity contribution in [3.8, 4) is 11.5 Å². The number of carbonyl (C=O) groups is 1. The van der Waals surface area contributed by atoms with E-state index >= 15 is 0 Å². The Bertz CT molecular complexity index is 1050. The number of amides is 1. The van der Waals surface area contributed by atoms with Gasteiger partial charge in [-0.05, 0) is 48.2 Å². The summed E-state index contributed by atoms with van der Waals surface area (Å²) in [6, 6.07) is 28.2. The molecule has 0 spiro atoms. The molecule has 0 saturated heterocycles. The van der Waals surface area contributed by atoms with Crippen molar-refractivity contribution < 1.29 is 18.8 Å². The van der Waals surface area contributed by atoms with Gasteiger partial charge in [0.1, 0.15) is 18.1 Å². The molecule has 0 aliphatic heterocycles. The molecule has 0 radical (unpaired) electrons. The number of rotatable bonds is 17. The molecule has 0 heterocycles. The summed E-state index contributed by atoms with van der Waals surface area (Å²) in [4.78, 5) is 12.9. The van der Waals surface area contributed by atoms with E-state index in [4.69, 9.17) is 9.47 Å². The maximum atomic E-state index is 12.9. The normalized spacial score (nSPS) is 11.2. The van der Waals surface area contributed by atoms with E-state index in [2.05, 4.69) is 50.7 Å². The molecule has 5 nitrogen and oxygen atoms in total. The Labute approximate surface area is 256 Å². The quantitative estimate of drug-likeness (QED) is 0.129. The van der Waals surface area contributed by atoms with Crippen LogP contribution in [0.15, 0.2) is 84.9 Å². The summed E-state index contributed by atoms with van der Waals surface area (Å²) in [5.74, 6) is 1.88. The minimum atomic E-state index is -0.0876. The van der Waals surface area contributed by atoms with Crippen molar-refractivity contribution in [2.24, 2.45) is 0 Å². The molecule has 0 unspecified atom stereocenters. The lowest BCUT2D eigenvalue weighted by Gasteiger charge is -2.33. The van der Waals surface area contributed by atoms with Gasteiger partial charge in [-0.25, -0.2) is 0 Å². The third-order valence-electron chi connectivity index (χ3n) is 6.72. The van der Waals surface area contributed by atoms with Crippen molar-refractivity contribution in [2.75, 3.05) is 34.3 Å². The lowest BCUT2D eigenvalue weighted by Crippen LogP contribution is -2.55. The molecule has 232 valence electrons. The van der Waals surface area contributed by atoms with Crippen molar-refractivity contribution in [2.45, 2.75) is 85.3 Å². The summed E-state index contributed by atoms with van der Waals surface area (Å²) in [7, 11) is 6.27. The molecule has 0 fully saturated rings. The van der Waals surface area contributed by atoms with E-state index < -0.39 is 0 Å². The molecular formula is C37H57N2O3+. The van der Waals surface area contributed by atoms with Gasteiger partial charge in [0.05, 0.1) is 27.7 Å². The Hall–Kier alpha value is -3.31. The molecule has 5 heteroatoms. The summed E-state index contributed by atoms with van der Waals surface area (Å²) >= 11 is 0. The van der Waals surface area contributed by atoms with Gasteiger partial charge < -0.3 is 19.3 Å². The number of quaternary nitrogens is 1. The Kier molecular flexibility index (Phi) is 19.5. The summed E-state index contributed by atoms with van der Waals surface area (Å²) in [5, 5.41) is 3.18. The van der Waals surface area contributed by atoms with Crippen LogP contribution in [0.2, 0.25) is 0 Å². The average molecular weight is 578 g/mol. The number of carbonyl (C=O) groups excluding carboxylic acids is 1. The van der Waals surface area contributed by atoms with Gasteiger partial charge in [-0.15, -0.1) is 0 Å². The van der Waals surface area contributed by atoms with Gasteiger partial charge in [-0.1, -0.05) is 114 Å². The Balaban J connectivity index is 0.00000211. The second-order valence-electron chi connectivity index (χ2n) is 10.8. The number of nitrogens with one attached hydrogen (secondary N) is 1. The Morgan fingerprint density at radius 2 is 1.12 bits per heavy atom. The van der Waals surface area contributed by atoms with Crippen LogP contribution in [0.25, 0.3) is 0 Å². The fourth-order valence-corrected chi connectivity index (χ4v) is 4.38. The van der Waals surface area contributed by atoms with Crippen LogP contribution in [0.4, 0.5) is 0 Å². The fourth-order valence-electron chi connectivity index (χ4n) is 4.38. The highest BCUT2D eigenvalue weighted by molar-refractivity contribution is 5.81. The number of benzene rings is 3. The van der Waals surface area contributed by atoms with Gasteiger partial charge in [0.25, 0.3) is 5.91 Å². The van der Waals surface area contributed by atoms with E-state index in [-0.39, 0.29) is 11.9 Å². The summed E-state index contributed by atoms with van der Waals surface area (Å²) in [6.45, 7) is 10.0. The fraction of sp³-hybridized carbons (Fsp3) is 0.486. The van der Waals surface area contributed by atoms with Crippen LogP contribution >= 0.6 is 0 Å². The predicted molar refractivity (Wildman–Crippen MR) is 178 cm³/mol. The van der Waals surface area contributed by atoms with Crippen molar-refractivity contribution >= 4 is 5.91 Å². The highest BCUT2D eigenvalue weighted by Crippen LogP contribution is 2.19. The monoisotopic (exact) mass is 577 g/mol. The van der Waals surface area contributed by atoms with Gasteiger partial charge in [-0.2, -0.15) is 0 Å². The zero-order valence-electron chi connectivity index (χ0n) is 27.4. The number of nitrogens with zero attached hydrogens (tertiary/aromatic N) is 1. The van der Waals surface area contributed by atoms with Crippen LogP contribution in [-0.2, 0) is 17.8 Å². The molecule has 3 rings (SSSR count). The third kappa shape index (κ3) is 15.6. The first kappa shape index (κ1) is 36.7. The molecule has 0 aliphatic carbocycles. The number of likely N-dealkylation sites (N-methyl/N-ethyl adjacent to an activating group) is 1. The van der Waals surface area contributed by atoms with Crippen LogP contribution in [0.5, 0.6) is 11.5 Å². The summed E-state index contributed by atoms with van der Waals surface area (Å²) in [5.41, 5.74) is 2.36. The van der Waals surface area contributed by atoms with E-state index in [9.17, 15) is 4.79 Å². The number of unbranched alkanes of at least 4 members (excludes halogenated alkanes) is 5. The molecule has 3 aromatic rings. The summed E-state index contributed by atoms with van der Waals surface area (Å²) < 4.78 is 12.3. The number of ether oxygens (including phenoxy) is 2. The van der Waals surface area contributed by atoms with Gasteiger partial charge in [0, 0.05) is 13.0 Å². The minimum absolute atomic E-state index is 0.0876. The van der Waals surface area contributed by atoms with E-state index in [1.165, 1.54) is 18.4 Å². The van der Waals surface area contributed by atoms with Gasteiger partial charge >= 0.3 is 0 Å². The zero-order chi connectivity index (χ0) is 31.1. The largest absolute Gasteiger partial charge is 0.494 e. The average Bonchev–Trinajstić information content (AvgIpc) is 3.02. The first-order chi connectivity index (χ1) is 20.4. The first-order valence-electron chi connectivity index (χ1n) is 15.9. The second kappa shape index (κ2) is 22.3. The molecule has 3 aromatic carbocycles. The van der Waals surface area contributed by atoms with Gasteiger partial charge in [-0.3, -0.25) is 4.79 Å². The van der Waals surface area contributed by atoms with Crippen LogP contribution in [0, 0.1) is 0 Å². The maximum absolute atomic E-state index is 12.9. The molecule has 42 heavy (non-hydrogen) atoms. The summed E-state index contributed by atoms with van der Waals surface area (Å²) in [6.07, 6.45) is 7.50. The molecule has 1 amide bonds. The minimum Gasteiger partial charge on any atom is -0.494 e.